The van der Waals surface area contributed by atoms with E-state index in [9.17, 15) is 13.2 Å². The van der Waals surface area contributed by atoms with Crippen molar-refractivity contribution >= 4 is 31.9 Å². The fourth-order valence-corrected chi connectivity index (χ4v) is 5.41. The van der Waals surface area contributed by atoms with Crippen molar-refractivity contribution in [3.63, 3.8) is 0 Å². The Kier molecular flexibility index (Phi) is 5.81. The number of fused-ring (bicyclic) bond motifs is 3. The first kappa shape index (κ1) is 23.7. The molecule has 0 atom stereocenters. The van der Waals surface area contributed by atoms with Crippen LogP contribution in [0.25, 0.3) is 22.6 Å². The Morgan fingerprint density at radius 3 is 2.37 bits per heavy atom. The summed E-state index contributed by atoms with van der Waals surface area (Å²) in [6.45, 7) is 3.87. The minimum atomic E-state index is -4.47. The van der Waals surface area contributed by atoms with Crippen LogP contribution in [0.5, 0.6) is 5.75 Å². The molecule has 3 nitrogen and oxygen atoms in total. The maximum atomic E-state index is 13.3. The molecule has 35 heavy (non-hydrogen) atoms. The number of imidazole rings is 1. The van der Waals surface area contributed by atoms with Gasteiger partial charge in [-0.3, -0.25) is 0 Å². The maximum absolute atomic E-state index is 13.3. The fourth-order valence-electron chi connectivity index (χ4n) is 4.03. The van der Waals surface area contributed by atoms with Crippen LogP contribution in [0, 0.1) is 11.8 Å². The zero-order valence-electron chi connectivity index (χ0n) is 18.5. The van der Waals surface area contributed by atoms with Crippen molar-refractivity contribution in [3.05, 3.63) is 92.0 Å². The number of hydrogen-bond donors (Lipinski definition) is 1. The molecule has 0 saturated carbocycles. The number of nitrogens with zero attached hydrogens (tertiary/aromatic N) is 1. The molecule has 1 aromatic heterocycles. The summed E-state index contributed by atoms with van der Waals surface area (Å²) in [6.07, 6.45) is -4.47. The van der Waals surface area contributed by atoms with Crippen LogP contribution in [-0.2, 0) is 11.8 Å². The first-order chi connectivity index (χ1) is 16.5. The largest absolute Gasteiger partial charge is 0.481 e. The molecule has 0 radical (unpaired) electrons. The number of hydrogen-bond acceptors (Lipinski definition) is 2. The van der Waals surface area contributed by atoms with Crippen molar-refractivity contribution in [1.82, 2.24) is 9.97 Å². The summed E-state index contributed by atoms with van der Waals surface area (Å²) in [5.41, 5.74) is 2.28. The molecule has 3 aromatic carbocycles. The Hall–Kier alpha value is -3.02. The number of nitrogens with one attached hydrogen (secondary N) is 1. The summed E-state index contributed by atoms with van der Waals surface area (Å²) in [6, 6.07) is 16.4. The Balaban J connectivity index is 1.57. The monoisotopic (exact) mass is 600 g/mol. The molecule has 0 bridgehead atoms. The van der Waals surface area contributed by atoms with Crippen LogP contribution < -0.4 is 4.74 Å². The molecule has 4 aromatic rings. The van der Waals surface area contributed by atoms with Crippen LogP contribution >= 0.6 is 31.9 Å². The van der Waals surface area contributed by atoms with E-state index in [0.29, 0.717) is 17.1 Å². The number of rotatable bonds is 1. The van der Waals surface area contributed by atoms with Crippen LogP contribution in [0.1, 0.15) is 36.2 Å². The van der Waals surface area contributed by atoms with Gasteiger partial charge in [-0.2, -0.15) is 13.2 Å². The molecule has 1 N–H and O–H groups in total. The van der Waals surface area contributed by atoms with E-state index in [1.807, 2.05) is 38.1 Å². The van der Waals surface area contributed by atoms with Gasteiger partial charge in [-0.25, -0.2) is 4.98 Å². The van der Waals surface area contributed by atoms with Crippen molar-refractivity contribution < 1.29 is 17.9 Å². The predicted octanol–water partition coefficient (Wildman–Crippen LogP) is 8.31. The van der Waals surface area contributed by atoms with Gasteiger partial charge < -0.3 is 9.72 Å². The highest BCUT2D eigenvalue weighted by molar-refractivity contribution is 9.11. The lowest BCUT2D eigenvalue weighted by atomic mass is 9.94. The topological polar surface area (TPSA) is 37.9 Å². The van der Waals surface area contributed by atoms with Gasteiger partial charge in [-0.1, -0.05) is 30.0 Å². The Morgan fingerprint density at radius 1 is 0.943 bits per heavy atom. The molecule has 0 unspecified atom stereocenters. The summed E-state index contributed by atoms with van der Waals surface area (Å²) >= 11 is 7.19. The Morgan fingerprint density at radius 2 is 1.66 bits per heavy atom. The molecule has 0 aliphatic carbocycles. The standard InChI is InChI=1S/C27H17Br2F3N2O/c1-26(2)24-23(33-25(34-24)22-19(28)8-5-9-20(22)29)17-13-11-15(14-21(17)35-26)10-12-16-6-3-4-7-18(16)27(30,31)32/h3-9,11,13-14H,1-2H3,(H,33,34). The summed E-state index contributed by atoms with van der Waals surface area (Å²) < 4.78 is 48.0. The molecule has 8 heteroatoms. The quantitative estimate of drug-likeness (QED) is 0.223. The van der Waals surface area contributed by atoms with Gasteiger partial charge in [0.25, 0.3) is 0 Å². The van der Waals surface area contributed by atoms with Gasteiger partial charge in [0.15, 0.2) is 0 Å². The van der Waals surface area contributed by atoms with Crippen LogP contribution in [0.3, 0.4) is 0 Å². The van der Waals surface area contributed by atoms with Gasteiger partial charge in [-0.05, 0) is 88.2 Å². The second kappa shape index (κ2) is 8.58. The summed E-state index contributed by atoms with van der Waals surface area (Å²) in [5, 5.41) is 0. The molecule has 0 saturated heterocycles. The molecule has 2 heterocycles. The van der Waals surface area contributed by atoms with E-state index in [1.165, 1.54) is 18.2 Å². The predicted molar refractivity (Wildman–Crippen MR) is 136 cm³/mol. The highest BCUT2D eigenvalue weighted by Crippen LogP contribution is 2.46. The van der Waals surface area contributed by atoms with Crippen molar-refractivity contribution in [3.8, 4) is 40.2 Å². The summed E-state index contributed by atoms with van der Waals surface area (Å²) in [7, 11) is 0. The average Bonchev–Trinajstić information content (AvgIpc) is 3.23. The second-order valence-electron chi connectivity index (χ2n) is 8.52. The molecule has 1 aliphatic heterocycles. The van der Waals surface area contributed by atoms with E-state index >= 15 is 0 Å². The maximum Gasteiger partial charge on any atom is 0.417 e. The lowest BCUT2D eigenvalue weighted by Gasteiger charge is -2.31. The van der Waals surface area contributed by atoms with Gasteiger partial charge in [-0.15, -0.1) is 0 Å². The van der Waals surface area contributed by atoms with Gasteiger partial charge in [0, 0.05) is 31.2 Å². The molecule has 1 aliphatic rings. The lowest BCUT2D eigenvalue weighted by Crippen LogP contribution is -2.29. The van der Waals surface area contributed by atoms with Crippen LogP contribution in [0.15, 0.2) is 69.6 Å². The molecule has 0 amide bonds. The Labute approximate surface area is 217 Å². The van der Waals surface area contributed by atoms with Crippen LogP contribution in [0.4, 0.5) is 13.2 Å². The minimum absolute atomic E-state index is 0.0720. The van der Waals surface area contributed by atoms with E-state index in [2.05, 4.69) is 48.7 Å². The minimum Gasteiger partial charge on any atom is -0.481 e. The van der Waals surface area contributed by atoms with Gasteiger partial charge in [0.2, 0.25) is 0 Å². The van der Waals surface area contributed by atoms with Crippen molar-refractivity contribution in [2.75, 3.05) is 0 Å². The van der Waals surface area contributed by atoms with E-state index < -0.39 is 17.3 Å². The van der Waals surface area contributed by atoms with E-state index in [1.54, 1.807) is 12.1 Å². The Bertz CT molecular complexity index is 1510. The average molecular weight is 602 g/mol. The first-order valence-corrected chi connectivity index (χ1v) is 12.2. The van der Waals surface area contributed by atoms with Crippen molar-refractivity contribution in [1.29, 1.82) is 0 Å². The normalized spacial score (nSPS) is 13.8. The number of ether oxygens (including phenoxy) is 1. The van der Waals surface area contributed by atoms with Crippen LogP contribution in [0.2, 0.25) is 0 Å². The lowest BCUT2D eigenvalue weighted by molar-refractivity contribution is -0.137. The summed E-state index contributed by atoms with van der Waals surface area (Å²) in [4.78, 5) is 8.30. The highest BCUT2D eigenvalue weighted by Gasteiger charge is 2.36. The van der Waals surface area contributed by atoms with Crippen molar-refractivity contribution in [2.45, 2.75) is 25.6 Å². The smallest absolute Gasteiger partial charge is 0.417 e. The zero-order valence-corrected chi connectivity index (χ0v) is 21.7. The number of aromatic amines is 1. The number of alkyl halides is 3. The SMILES string of the molecule is CC1(C)Oc2cc(C#Cc3ccccc3C(F)(F)F)ccc2-c2nc(-c3c(Br)cccc3Br)[nH]c21. The first-order valence-electron chi connectivity index (χ1n) is 10.6. The van der Waals surface area contributed by atoms with E-state index in [-0.39, 0.29) is 5.56 Å². The number of benzene rings is 3. The van der Waals surface area contributed by atoms with E-state index in [0.717, 1.165) is 37.5 Å². The molecular weight excluding hydrogens is 585 g/mol. The second-order valence-corrected chi connectivity index (χ2v) is 10.2. The van der Waals surface area contributed by atoms with Gasteiger partial charge >= 0.3 is 6.18 Å². The third kappa shape index (κ3) is 4.39. The zero-order chi connectivity index (χ0) is 25.0. The van der Waals surface area contributed by atoms with Gasteiger partial charge in [0.05, 0.1) is 17.0 Å². The molecule has 0 fully saturated rings. The third-order valence-corrected chi connectivity index (χ3v) is 7.00. The molecule has 176 valence electrons. The molecule has 5 rings (SSSR count). The molecular formula is C27H17Br2F3N2O. The van der Waals surface area contributed by atoms with Gasteiger partial charge in [0.1, 0.15) is 17.2 Å². The summed E-state index contributed by atoms with van der Waals surface area (Å²) in [5.74, 6) is 6.77. The number of H-pyrrole nitrogens is 1. The number of aromatic nitrogens is 2. The fraction of sp³-hybridized carbons (Fsp3) is 0.148. The highest BCUT2D eigenvalue weighted by atomic mass is 79.9. The molecule has 0 spiro atoms. The third-order valence-electron chi connectivity index (χ3n) is 5.68. The van der Waals surface area contributed by atoms with E-state index in [4.69, 9.17) is 9.72 Å². The van der Waals surface area contributed by atoms with Crippen LogP contribution in [-0.4, -0.2) is 9.97 Å². The van der Waals surface area contributed by atoms with Crippen molar-refractivity contribution in [2.24, 2.45) is 0 Å². The number of halogens is 5.